The van der Waals surface area contributed by atoms with Gasteiger partial charge in [0.15, 0.2) is 0 Å². The van der Waals surface area contributed by atoms with Gasteiger partial charge in [0, 0.05) is 18.6 Å². The van der Waals surface area contributed by atoms with E-state index in [4.69, 9.17) is 20.0 Å². The first kappa shape index (κ1) is 12.4. The summed E-state index contributed by atoms with van der Waals surface area (Å²) in [6, 6.07) is 5.40. The molecule has 0 aliphatic carbocycles. The normalized spacial score (nSPS) is 10.6. The van der Waals surface area contributed by atoms with Crippen LogP contribution in [-0.4, -0.2) is 23.3 Å². The Morgan fingerprint density at radius 2 is 2.28 bits per heavy atom. The van der Waals surface area contributed by atoms with Crippen molar-refractivity contribution in [1.29, 1.82) is 0 Å². The Hall–Kier alpha value is -2.01. The quantitative estimate of drug-likeness (QED) is 0.789. The smallest absolute Gasteiger partial charge is 0.226 e. The van der Waals surface area contributed by atoms with E-state index in [1.165, 1.54) is 6.26 Å². The molecule has 0 radical (unpaired) electrons. The summed E-state index contributed by atoms with van der Waals surface area (Å²) in [5.74, 6) is 1.15. The molecule has 0 atom stereocenters. The van der Waals surface area contributed by atoms with Gasteiger partial charge in [-0.3, -0.25) is 0 Å². The van der Waals surface area contributed by atoms with Gasteiger partial charge in [0.25, 0.3) is 0 Å². The highest BCUT2D eigenvalue weighted by atomic mass is 16.5. The second-order valence-electron chi connectivity index (χ2n) is 3.80. The maximum Gasteiger partial charge on any atom is 0.226 e. The van der Waals surface area contributed by atoms with Gasteiger partial charge in [-0.1, -0.05) is 0 Å². The fourth-order valence-electron chi connectivity index (χ4n) is 1.64. The van der Waals surface area contributed by atoms with E-state index in [0.717, 1.165) is 11.3 Å². The number of hydrogen-bond donors (Lipinski definition) is 2. The molecule has 5 nitrogen and oxygen atoms in total. The maximum atomic E-state index is 8.82. The molecule has 2 aromatic rings. The number of anilines is 1. The first-order valence-corrected chi connectivity index (χ1v) is 5.82. The first-order valence-electron chi connectivity index (χ1n) is 5.82. The minimum Gasteiger partial charge on any atom is -0.492 e. The zero-order chi connectivity index (χ0) is 13.0. The summed E-state index contributed by atoms with van der Waals surface area (Å²) >= 11 is 0. The summed E-state index contributed by atoms with van der Waals surface area (Å²) in [4.78, 5) is 4.26. The predicted molar refractivity (Wildman–Crippen MR) is 68.3 cm³/mol. The van der Waals surface area contributed by atoms with E-state index in [-0.39, 0.29) is 6.61 Å². The van der Waals surface area contributed by atoms with Crippen LogP contribution in [0.15, 0.2) is 28.9 Å². The van der Waals surface area contributed by atoms with Gasteiger partial charge in [0.1, 0.15) is 12.0 Å². The third kappa shape index (κ3) is 2.62. The molecule has 0 amide bonds. The Morgan fingerprint density at radius 1 is 1.44 bits per heavy atom. The van der Waals surface area contributed by atoms with Crippen molar-refractivity contribution < 1.29 is 14.3 Å². The van der Waals surface area contributed by atoms with E-state index in [0.29, 0.717) is 30.4 Å². The van der Waals surface area contributed by atoms with Crippen LogP contribution in [-0.2, 0) is 6.42 Å². The summed E-state index contributed by atoms with van der Waals surface area (Å²) in [6.45, 7) is 2.53. The topological polar surface area (TPSA) is 81.5 Å². The zero-order valence-electron chi connectivity index (χ0n) is 10.2. The van der Waals surface area contributed by atoms with E-state index in [1.54, 1.807) is 12.1 Å². The summed E-state index contributed by atoms with van der Waals surface area (Å²) in [7, 11) is 0. The highest BCUT2D eigenvalue weighted by molar-refractivity contribution is 5.65. The van der Waals surface area contributed by atoms with Crippen molar-refractivity contribution in [3.05, 3.63) is 30.2 Å². The highest BCUT2D eigenvalue weighted by Crippen LogP contribution is 2.28. The molecule has 1 heterocycles. The van der Waals surface area contributed by atoms with Crippen molar-refractivity contribution in [1.82, 2.24) is 4.98 Å². The highest BCUT2D eigenvalue weighted by Gasteiger charge is 2.09. The molecular weight excluding hydrogens is 232 g/mol. The average molecular weight is 248 g/mol. The van der Waals surface area contributed by atoms with E-state index in [9.17, 15) is 0 Å². The Bertz CT molecular complexity index is 523. The molecule has 0 spiro atoms. The van der Waals surface area contributed by atoms with Gasteiger partial charge in [-0.15, -0.1) is 0 Å². The van der Waals surface area contributed by atoms with Crippen molar-refractivity contribution in [3.8, 4) is 17.2 Å². The average Bonchev–Trinajstić information content (AvgIpc) is 2.81. The van der Waals surface area contributed by atoms with Gasteiger partial charge < -0.3 is 20.0 Å². The molecule has 0 fully saturated rings. The largest absolute Gasteiger partial charge is 0.492 e. The number of aliphatic hydroxyl groups is 1. The summed E-state index contributed by atoms with van der Waals surface area (Å²) in [5, 5.41) is 8.82. The van der Waals surface area contributed by atoms with E-state index >= 15 is 0 Å². The van der Waals surface area contributed by atoms with Crippen LogP contribution in [0.25, 0.3) is 11.5 Å². The van der Waals surface area contributed by atoms with Crippen LogP contribution >= 0.6 is 0 Å². The molecule has 1 aromatic carbocycles. The third-order valence-electron chi connectivity index (χ3n) is 2.48. The number of aromatic nitrogens is 1. The first-order chi connectivity index (χ1) is 8.74. The lowest BCUT2D eigenvalue weighted by Crippen LogP contribution is -1.97. The lowest BCUT2D eigenvalue weighted by molar-refractivity contribution is 0.298. The van der Waals surface area contributed by atoms with Crippen LogP contribution in [0.2, 0.25) is 0 Å². The summed E-state index contributed by atoms with van der Waals surface area (Å²) < 4.78 is 10.7. The zero-order valence-corrected chi connectivity index (χ0v) is 10.2. The van der Waals surface area contributed by atoms with Crippen LogP contribution in [0.1, 0.15) is 12.6 Å². The molecule has 0 aliphatic heterocycles. The van der Waals surface area contributed by atoms with E-state index in [1.807, 2.05) is 13.0 Å². The van der Waals surface area contributed by atoms with Crippen molar-refractivity contribution in [2.24, 2.45) is 0 Å². The second-order valence-corrected chi connectivity index (χ2v) is 3.80. The minimum absolute atomic E-state index is 0.0530. The number of benzene rings is 1. The van der Waals surface area contributed by atoms with Crippen molar-refractivity contribution in [3.63, 3.8) is 0 Å². The van der Waals surface area contributed by atoms with Crippen molar-refractivity contribution in [2.45, 2.75) is 13.3 Å². The van der Waals surface area contributed by atoms with Gasteiger partial charge in [-0.05, 0) is 25.1 Å². The lowest BCUT2D eigenvalue weighted by atomic mass is 10.2. The Kier molecular flexibility index (Phi) is 3.84. The number of aliphatic hydroxyl groups excluding tert-OH is 1. The van der Waals surface area contributed by atoms with Crippen LogP contribution in [0.3, 0.4) is 0 Å². The van der Waals surface area contributed by atoms with Crippen LogP contribution in [0.4, 0.5) is 5.69 Å². The number of nitrogens with two attached hydrogens (primary N) is 1. The molecule has 0 aliphatic rings. The second kappa shape index (κ2) is 5.55. The van der Waals surface area contributed by atoms with Crippen molar-refractivity contribution >= 4 is 5.69 Å². The SMILES string of the molecule is CCOc1ccc(-c2nc(CCO)co2)cc1N. The standard InChI is InChI=1S/C13H16N2O3/c1-2-17-12-4-3-9(7-11(12)14)13-15-10(5-6-16)8-18-13/h3-4,7-8,16H,2,5-6,14H2,1H3. The number of nitrogens with zero attached hydrogens (tertiary/aromatic N) is 1. The van der Waals surface area contributed by atoms with Gasteiger partial charge in [-0.25, -0.2) is 4.98 Å². The molecule has 3 N–H and O–H groups in total. The molecule has 0 unspecified atom stereocenters. The minimum atomic E-state index is 0.0530. The van der Waals surface area contributed by atoms with Gasteiger partial charge in [-0.2, -0.15) is 0 Å². The molecule has 5 heteroatoms. The summed E-state index contributed by atoms with van der Waals surface area (Å²) in [5.41, 5.74) is 7.94. The Labute approximate surface area is 105 Å². The van der Waals surface area contributed by atoms with Gasteiger partial charge >= 0.3 is 0 Å². The van der Waals surface area contributed by atoms with E-state index in [2.05, 4.69) is 4.98 Å². The van der Waals surface area contributed by atoms with Crippen LogP contribution < -0.4 is 10.5 Å². The number of hydrogen-bond acceptors (Lipinski definition) is 5. The molecule has 2 rings (SSSR count). The van der Waals surface area contributed by atoms with Crippen LogP contribution in [0.5, 0.6) is 5.75 Å². The molecule has 18 heavy (non-hydrogen) atoms. The summed E-state index contributed by atoms with van der Waals surface area (Å²) in [6.07, 6.45) is 2.02. The maximum absolute atomic E-state index is 8.82. The lowest BCUT2D eigenvalue weighted by Gasteiger charge is -2.07. The molecule has 1 aromatic heterocycles. The number of rotatable bonds is 5. The van der Waals surface area contributed by atoms with Crippen LogP contribution in [0, 0.1) is 0 Å². The fraction of sp³-hybridized carbons (Fsp3) is 0.308. The Balaban J connectivity index is 2.24. The Morgan fingerprint density at radius 3 is 2.94 bits per heavy atom. The van der Waals surface area contributed by atoms with Gasteiger partial charge in [0.05, 0.1) is 18.0 Å². The molecule has 96 valence electrons. The van der Waals surface area contributed by atoms with Gasteiger partial charge in [0.2, 0.25) is 5.89 Å². The van der Waals surface area contributed by atoms with Crippen molar-refractivity contribution in [2.75, 3.05) is 18.9 Å². The third-order valence-corrected chi connectivity index (χ3v) is 2.48. The van der Waals surface area contributed by atoms with E-state index < -0.39 is 0 Å². The molecular formula is C13H16N2O3. The predicted octanol–water partition coefficient (Wildman–Crippen LogP) is 1.86. The molecule has 0 saturated carbocycles. The number of ether oxygens (including phenoxy) is 1. The fourth-order valence-corrected chi connectivity index (χ4v) is 1.64. The number of nitrogen functional groups attached to an aromatic ring is 1. The number of oxazole rings is 1. The molecule has 0 bridgehead atoms. The molecule has 0 saturated heterocycles. The monoisotopic (exact) mass is 248 g/mol.